The quantitative estimate of drug-likeness (QED) is 0.897. The van der Waals surface area contributed by atoms with Crippen molar-refractivity contribution in [1.29, 1.82) is 0 Å². The molecule has 3 saturated heterocycles. The first-order valence-electron chi connectivity index (χ1n) is 8.64. The number of carbonyl (C=O) groups excluding carboxylic acids is 1. The normalized spacial score (nSPS) is 25.5. The van der Waals surface area contributed by atoms with Crippen LogP contribution in [0.1, 0.15) is 22.5 Å². The standard InChI is InChI=1S/C19H23N3OS/c1-20-15-4-2-3-14(11-15)17-5-6-18(24-17)19(23)21-16-12-22-9-7-13(16)8-10-22/h2-6,11,13,16,20H,7-10,12H2,1H3,(H,21,23)/t16-/m0/s1. The van der Waals surface area contributed by atoms with Crippen molar-refractivity contribution in [2.45, 2.75) is 18.9 Å². The van der Waals surface area contributed by atoms with Crippen LogP contribution in [-0.4, -0.2) is 43.5 Å². The lowest BCUT2D eigenvalue weighted by Gasteiger charge is -2.44. The molecular formula is C19H23N3OS. The fourth-order valence-electron chi connectivity index (χ4n) is 3.81. The molecule has 1 atom stereocenters. The zero-order valence-electron chi connectivity index (χ0n) is 13.9. The van der Waals surface area contributed by atoms with Gasteiger partial charge in [-0.25, -0.2) is 0 Å². The van der Waals surface area contributed by atoms with E-state index in [1.54, 1.807) is 11.3 Å². The topological polar surface area (TPSA) is 44.4 Å². The van der Waals surface area contributed by atoms with Crippen molar-refractivity contribution in [3.63, 3.8) is 0 Å². The van der Waals surface area contributed by atoms with Gasteiger partial charge >= 0.3 is 0 Å². The molecule has 3 fully saturated rings. The average molecular weight is 341 g/mol. The van der Waals surface area contributed by atoms with Crippen molar-refractivity contribution in [3.05, 3.63) is 41.3 Å². The van der Waals surface area contributed by atoms with Crippen molar-refractivity contribution in [3.8, 4) is 10.4 Å². The van der Waals surface area contributed by atoms with Crippen LogP contribution >= 0.6 is 11.3 Å². The first-order valence-corrected chi connectivity index (χ1v) is 9.46. The van der Waals surface area contributed by atoms with Gasteiger partial charge in [0.1, 0.15) is 0 Å². The van der Waals surface area contributed by atoms with Gasteiger partial charge in [0.25, 0.3) is 5.91 Å². The Balaban J connectivity index is 1.47. The van der Waals surface area contributed by atoms with Gasteiger partial charge in [0.15, 0.2) is 0 Å². The number of benzene rings is 1. The largest absolute Gasteiger partial charge is 0.388 e. The van der Waals surface area contributed by atoms with Gasteiger partial charge in [0.05, 0.1) is 4.88 Å². The zero-order valence-corrected chi connectivity index (χ0v) is 14.7. The van der Waals surface area contributed by atoms with E-state index in [9.17, 15) is 4.79 Å². The van der Waals surface area contributed by atoms with Gasteiger partial charge in [0.2, 0.25) is 0 Å². The predicted molar refractivity (Wildman–Crippen MR) is 99.7 cm³/mol. The van der Waals surface area contributed by atoms with Gasteiger partial charge in [0, 0.05) is 30.2 Å². The Hall–Kier alpha value is -1.85. The molecule has 0 spiro atoms. The molecule has 2 bridgehead atoms. The molecule has 5 rings (SSSR count). The Labute approximate surface area is 146 Å². The molecule has 126 valence electrons. The number of amides is 1. The number of nitrogens with zero attached hydrogens (tertiary/aromatic N) is 1. The van der Waals surface area contributed by atoms with Crippen LogP contribution in [0.2, 0.25) is 0 Å². The molecule has 2 N–H and O–H groups in total. The first-order chi connectivity index (χ1) is 11.7. The number of piperidine rings is 3. The molecule has 0 aliphatic carbocycles. The molecule has 0 unspecified atom stereocenters. The van der Waals surface area contributed by atoms with E-state index in [-0.39, 0.29) is 5.91 Å². The molecule has 2 aromatic rings. The Morgan fingerprint density at radius 2 is 2.04 bits per heavy atom. The van der Waals surface area contributed by atoms with Crippen LogP contribution in [0.3, 0.4) is 0 Å². The third-order valence-corrected chi connectivity index (χ3v) is 6.37. The van der Waals surface area contributed by atoms with Crippen LogP contribution < -0.4 is 10.6 Å². The van der Waals surface area contributed by atoms with E-state index in [2.05, 4.69) is 27.7 Å². The van der Waals surface area contributed by atoms with E-state index in [0.717, 1.165) is 27.5 Å². The second-order valence-corrected chi connectivity index (χ2v) is 7.80. The number of nitrogens with one attached hydrogen (secondary N) is 2. The van der Waals surface area contributed by atoms with Crippen LogP contribution in [0.25, 0.3) is 10.4 Å². The van der Waals surface area contributed by atoms with Crippen molar-refractivity contribution >= 4 is 22.9 Å². The summed E-state index contributed by atoms with van der Waals surface area (Å²) < 4.78 is 0. The van der Waals surface area contributed by atoms with E-state index in [0.29, 0.717) is 12.0 Å². The van der Waals surface area contributed by atoms with Crippen molar-refractivity contribution in [2.75, 3.05) is 32.0 Å². The molecule has 1 aromatic heterocycles. The number of anilines is 1. The number of rotatable bonds is 4. The van der Waals surface area contributed by atoms with Gasteiger partial charge < -0.3 is 15.5 Å². The van der Waals surface area contributed by atoms with Gasteiger partial charge in [-0.1, -0.05) is 12.1 Å². The molecule has 24 heavy (non-hydrogen) atoms. The van der Waals surface area contributed by atoms with E-state index in [1.807, 2.05) is 31.3 Å². The summed E-state index contributed by atoms with van der Waals surface area (Å²) in [5, 5.41) is 6.43. The maximum absolute atomic E-state index is 12.6. The molecule has 4 heterocycles. The second-order valence-electron chi connectivity index (χ2n) is 6.71. The molecule has 3 aliphatic rings. The maximum Gasteiger partial charge on any atom is 0.261 e. The Kier molecular flexibility index (Phi) is 4.29. The van der Waals surface area contributed by atoms with Crippen LogP contribution in [0.5, 0.6) is 0 Å². The van der Waals surface area contributed by atoms with Crippen LogP contribution in [0.15, 0.2) is 36.4 Å². The highest BCUT2D eigenvalue weighted by Gasteiger charge is 2.35. The molecule has 5 heteroatoms. The van der Waals surface area contributed by atoms with E-state index in [1.165, 1.54) is 25.9 Å². The number of carbonyl (C=O) groups is 1. The monoisotopic (exact) mass is 341 g/mol. The second kappa shape index (κ2) is 6.57. The molecular weight excluding hydrogens is 318 g/mol. The minimum absolute atomic E-state index is 0.0785. The molecule has 0 saturated carbocycles. The number of thiophene rings is 1. The minimum atomic E-state index is 0.0785. The summed E-state index contributed by atoms with van der Waals surface area (Å²) in [5.74, 6) is 0.737. The molecule has 1 amide bonds. The Morgan fingerprint density at radius 3 is 2.75 bits per heavy atom. The summed E-state index contributed by atoms with van der Waals surface area (Å²) in [7, 11) is 1.92. The average Bonchev–Trinajstić information content (AvgIpc) is 3.13. The van der Waals surface area contributed by atoms with E-state index < -0.39 is 0 Å². The van der Waals surface area contributed by atoms with Crippen LogP contribution in [0.4, 0.5) is 5.69 Å². The smallest absolute Gasteiger partial charge is 0.261 e. The fraction of sp³-hybridized carbons (Fsp3) is 0.421. The highest BCUT2D eigenvalue weighted by atomic mass is 32.1. The van der Waals surface area contributed by atoms with E-state index in [4.69, 9.17) is 0 Å². The van der Waals surface area contributed by atoms with Crippen molar-refractivity contribution in [1.82, 2.24) is 10.2 Å². The van der Waals surface area contributed by atoms with E-state index >= 15 is 0 Å². The lowest BCUT2D eigenvalue weighted by molar-refractivity contribution is 0.0622. The summed E-state index contributed by atoms with van der Waals surface area (Å²) >= 11 is 1.57. The predicted octanol–water partition coefficient (Wildman–Crippen LogP) is 3.28. The van der Waals surface area contributed by atoms with Crippen LogP contribution in [-0.2, 0) is 0 Å². The zero-order chi connectivity index (χ0) is 16.5. The fourth-order valence-corrected chi connectivity index (χ4v) is 4.72. The van der Waals surface area contributed by atoms with Crippen molar-refractivity contribution in [2.24, 2.45) is 5.92 Å². The molecule has 3 aliphatic heterocycles. The minimum Gasteiger partial charge on any atom is -0.388 e. The maximum atomic E-state index is 12.6. The lowest BCUT2D eigenvalue weighted by atomic mass is 9.84. The lowest BCUT2D eigenvalue weighted by Crippen LogP contribution is -2.57. The Morgan fingerprint density at radius 1 is 1.21 bits per heavy atom. The SMILES string of the molecule is CNc1cccc(-c2ccc(C(=O)N[C@H]3CN4CCC3CC4)s2)c1. The molecule has 4 nitrogen and oxygen atoms in total. The highest BCUT2D eigenvalue weighted by molar-refractivity contribution is 7.17. The first kappa shape index (κ1) is 15.7. The van der Waals surface area contributed by atoms with Gasteiger partial charge in [-0.3, -0.25) is 4.79 Å². The summed E-state index contributed by atoms with van der Waals surface area (Å²) in [5.41, 5.74) is 2.23. The number of fused-ring (bicyclic) bond motifs is 3. The van der Waals surface area contributed by atoms with Crippen molar-refractivity contribution < 1.29 is 4.79 Å². The third kappa shape index (κ3) is 3.06. The van der Waals surface area contributed by atoms with Crippen LogP contribution in [0, 0.1) is 5.92 Å². The Bertz CT molecular complexity index is 734. The third-order valence-electron chi connectivity index (χ3n) is 5.24. The highest BCUT2D eigenvalue weighted by Crippen LogP contribution is 2.31. The van der Waals surface area contributed by atoms with Gasteiger partial charge in [-0.05, 0) is 61.7 Å². The van der Waals surface area contributed by atoms with Gasteiger partial charge in [-0.2, -0.15) is 0 Å². The number of hydrogen-bond donors (Lipinski definition) is 2. The summed E-state index contributed by atoms with van der Waals surface area (Å²) in [4.78, 5) is 17.0. The summed E-state index contributed by atoms with van der Waals surface area (Å²) in [6.45, 7) is 3.41. The summed E-state index contributed by atoms with van der Waals surface area (Å²) in [6, 6.07) is 12.6. The van der Waals surface area contributed by atoms with Gasteiger partial charge in [-0.15, -0.1) is 11.3 Å². The molecule has 0 radical (unpaired) electrons. The number of hydrogen-bond acceptors (Lipinski definition) is 4. The summed E-state index contributed by atoms with van der Waals surface area (Å²) in [6.07, 6.45) is 2.44. The molecule has 1 aromatic carbocycles.